The first-order chi connectivity index (χ1) is 14.3. The van der Waals surface area contributed by atoms with Crippen molar-refractivity contribution in [2.24, 2.45) is 0 Å². The van der Waals surface area contributed by atoms with E-state index in [4.69, 9.17) is 0 Å². The summed E-state index contributed by atoms with van der Waals surface area (Å²) in [4.78, 5) is 0.531. The predicted octanol–water partition coefficient (Wildman–Crippen LogP) is 5.38. The Labute approximate surface area is 186 Å². The van der Waals surface area contributed by atoms with Gasteiger partial charge in [-0.1, -0.05) is 58.4 Å². The predicted molar refractivity (Wildman–Crippen MR) is 123 cm³/mol. The largest absolute Gasteiger partial charge is 0.309 e. The molecule has 4 rings (SSSR count). The van der Waals surface area contributed by atoms with E-state index >= 15 is 0 Å². The van der Waals surface area contributed by atoms with Crippen LogP contribution in [0.3, 0.4) is 0 Å². The third-order valence-corrected chi connectivity index (χ3v) is 9.84. The first kappa shape index (κ1) is 21.5. The quantitative estimate of drug-likeness (QED) is 0.417. The number of hydrogen-bond donors (Lipinski definition) is 3. The van der Waals surface area contributed by atoms with Crippen LogP contribution in [0.5, 0.6) is 0 Å². The molecule has 3 aromatic carbocycles. The molecular weight excluding hydrogens is 486 g/mol. The van der Waals surface area contributed by atoms with E-state index in [-0.39, 0.29) is 10.6 Å². The zero-order chi connectivity index (χ0) is 21.4. The van der Waals surface area contributed by atoms with E-state index in [1.54, 1.807) is 42.5 Å². The average Bonchev–Trinajstić information content (AvgIpc) is 3.01. The van der Waals surface area contributed by atoms with Crippen LogP contribution in [-0.4, -0.2) is 23.3 Å². The Morgan fingerprint density at radius 1 is 0.967 bits per heavy atom. The lowest BCUT2D eigenvalue weighted by molar-refractivity contribution is 0.491. The first-order valence-electron chi connectivity index (χ1n) is 9.41. The number of rotatable bonds is 6. The topological polar surface area (TPSA) is 86.6 Å². The van der Waals surface area contributed by atoms with Gasteiger partial charge in [0.2, 0.25) is 0 Å². The zero-order valence-electron chi connectivity index (χ0n) is 16.0. The highest BCUT2D eigenvalue weighted by atomic mass is 79.9. The third-order valence-electron chi connectivity index (χ3n) is 5.19. The molecule has 0 radical (unpaired) electrons. The fraction of sp³-hybridized carbons (Fsp3) is 0.182. The van der Waals surface area contributed by atoms with Crippen LogP contribution in [0.25, 0.3) is 0 Å². The molecule has 0 bridgehead atoms. The summed E-state index contributed by atoms with van der Waals surface area (Å²) in [6.07, 6.45) is 0. The number of fused-ring (bicyclic) bond motifs is 1. The minimum absolute atomic E-state index is 0.190. The van der Waals surface area contributed by atoms with Gasteiger partial charge in [-0.2, -0.15) is 10.6 Å². The molecule has 158 valence electrons. The molecule has 0 fully saturated rings. The highest BCUT2D eigenvalue weighted by Gasteiger charge is 2.44. The molecule has 1 aliphatic rings. The fourth-order valence-corrected chi connectivity index (χ4v) is 8.74. The van der Waals surface area contributed by atoms with Gasteiger partial charge >= 0.3 is 0 Å². The van der Waals surface area contributed by atoms with Crippen molar-refractivity contribution >= 4 is 36.4 Å². The molecule has 0 saturated heterocycles. The van der Waals surface area contributed by atoms with Crippen molar-refractivity contribution in [1.82, 2.24) is 5.32 Å². The van der Waals surface area contributed by atoms with Crippen molar-refractivity contribution in [1.29, 1.82) is 0 Å². The number of halogens is 1. The Bertz CT molecular complexity index is 1170. The Morgan fingerprint density at radius 2 is 1.70 bits per heavy atom. The second kappa shape index (κ2) is 8.45. The molecular formula is C22H22BrNO4S2. The highest BCUT2D eigenvalue weighted by Crippen LogP contribution is 2.62. The Morgan fingerprint density at radius 3 is 2.43 bits per heavy atom. The first-order valence-corrected chi connectivity index (χ1v) is 13.5. The minimum Gasteiger partial charge on any atom is -0.309 e. The van der Waals surface area contributed by atoms with Crippen LogP contribution < -0.4 is 5.32 Å². The molecule has 1 atom stereocenters. The van der Waals surface area contributed by atoms with Crippen LogP contribution in [0, 0.1) is 0 Å². The van der Waals surface area contributed by atoms with Crippen molar-refractivity contribution in [3.05, 3.63) is 94.0 Å². The summed E-state index contributed by atoms with van der Waals surface area (Å²) in [7, 11) is -6.93. The van der Waals surface area contributed by atoms with Gasteiger partial charge in [-0.15, -0.1) is 0 Å². The summed E-state index contributed by atoms with van der Waals surface area (Å²) < 4.78 is 48.9. The lowest BCUT2D eigenvalue weighted by Crippen LogP contribution is -2.19. The van der Waals surface area contributed by atoms with Crippen LogP contribution in [-0.2, 0) is 22.9 Å². The van der Waals surface area contributed by atoms with Gasteiger partial charge in [0, 0.05) is 17.6 Å². The molecule has 5 nitrogen and oxygen atoms in total. The third kappa shape index (κ3) is 4.21. The van der Waals surface area contributed by atoms with Gasteiger partial charge in [0.1, 0.15) is 5.25 Å². The maximum Gasteiger partial charge on any atom is 0.187 e. The summed E-state index contributed by atoms with van der Waals surface area (Å²) >= 11 is 3.46. The number of nitrogens with one attached hydrogen (secondary N) is 1. The fourth-order valence-electron chi connectivity index (χ4n) is 3.79. The van der Waals surface area contributed by atoms with Crippen molar-refractivity contribution in [3.63, 3.8) is 0 Å². The zero-order valence-corrected chi connectivity index (χ0v) is 19.3. The molecule has 1 aliphatic heterocycles. The summed E-state index contributed by atoms with van der Waals surface area (Å²) in [5.41, 5.74) is 2.38. The molecule has 8 heteroatoms. The standard InChI is InChI=1S/C22H22BrNO4S2/c23-18-8-4-6-16(12-18)13-24-14-17-7-5-11-20-22(17)21(15-29(20,25)26)30(27,28)19-9-2-1-3-10-19/h1-12,21,24-26H,13-15H2. The minimum atomic E-state index is -3.76. The molecule has 0 spiro atoms. The number of benzene rings is 3. The van der Waals surface area contributed by atoms with E-state index in [1.807, 2.05) is 30.3 Å². The second-order valence-corrected chi connectivity index (χ2v) is 12.4. The average molecular weight is 508 g/mol. The van der Waals surface area contributed by atoms with E-state index in [9.17, 15) is 17.5 Å². The van der Waals surface area contributed by atoms with Crippen molar-refractivity contribution < 1.29 is 17.5 Å². The lowest BCUT2D eigenvalue weighted by Gasteiger charge is -2.27. The van der Waals surface area contributed by atoms with Crippen LogP contribution in [0.1, 0.15) is 21.9 Å². The van der Waals surface area contributed by atoms with Crippen LogP contribution in [0.4, 0.5) is 0 Å². The van der Waals surface area contributed by atoms with Crippen molar-refractivity contribution in [2.45, 2.75) is 28.1 Å². The van der Waals surface area contributed by atoms with Gasteiger partial charge in [-0.05, 0) is 47.0 Å². The van der Waals surface area contributed by atoms with Gasteiger partial charge in [0.05, 0.1) is 15.5 Å². The van der Waals surface area contributed by atoms with Crippen LogP contribution in [0.15, 0.2) is 87.1 Å². The SMILES string of the molecule is O=S(=O)(c1ccccc1)C1CS(O)(O)c2cccc(CNCc3cccc(Br)c3)c21. The Kier molecular flexibility index (Phi) is 6.07. The second-order valence-electron chi connectivity index (χ2n) is 7.24. The van der Waals surface area contributed by atoms with E-state index < -0.39 is 25.7 Å². The van der Waals surface area contributed by atoms with E-state index in [0.29, 0.717) is 23.5 Å². The lowest BCUT2D eigenvalue weighted by atomic mass is 10.0. The molecule has 0 amide bonds. The van der Waals surface area contributed by atoms with Gasteiger partial charge < -0.3 is 5.32 Å². The molecule has 0 aliphatic carbocycles. The van der Waals surface area contributed by atoms with Gasteiger partial charge in [0.25, 0.3) is 0 Å². The normalized spacial score (nSPS) is 18.7. The summed E-state index contributed by atoms with van der Waals surface area (Å²) in [6, 6.07) is 21.4. The Hall–Kier alpha value is -1.68. The smallest absolute Gasteiger partial charge is 0.187 e. The van der Waals surface area contributed by atoms with Crippen molar-refractivity contribution in [3.8, 4) is 0 Å². The number of sulfone groups is 1. The molecule has 1 heterocycles. The summed E-state index contributed by atoms with van der Waals surface area (Å²) in [5, 5.41) is 2.36. The Balaban J connectivity index is 1.66. The number of hydrogen-bond acceptors (Lipinski definition) is 5. The summed E-state index contributed by atoms with van der Waals surface area (Å²) in [6.45, 7) is 1.03. The molecule has 3 aromatic rings. The highest BCUT2D eigenvalue weighted by molar-refractivity contribution is 9.10. The molecule has 30 heavy (non-hydrogen) atoms. The van der Waals surface area contributed by atoms with Crippen LogP contribution in [0.2, 0.25) is 0 Å². The maximum atomic E-state index is 13.3. The van der Waals surface area contributed by atoms with Gasteiger partial charge in [0.15, 0.2) is 9.84 Å². The monoisotopic (exact) mass is 507 g/mol. The van der Waals surface area contributed by atoms with Gasteiger partial charge in [-0.3, -0.25) is 9.11 Å². The molecule has 0 aromatic heterocycles. The van der Waals surface area contributed by atoms with E-state index in [0.717, 1.165) is 15.6 Å². The van der Waals surface area contributed by atoms with E-state index in [1.165, 1.54) is 0 Å². The van der Waals surface area contributed by atoms with Crippen LogP contribution >= 0.6 is 26.5 Å². The van der Waals surface area contributed by atoms with E-state index in [2.05, 4.69) is 21.2 Å². The van der Waals surface area contributed by atoms with Crippen molar-refractivity contribution in [2.75, 3.05) is 5.75 Å². The molecule has 0 saturated carbocycles. The molecule has 1 unspecified atom stereocenters. The van der Waals surface area contributed by atoms with Gasteiger partial charge in [-0.25, -0.2) is 8.42 Å². The summed E-state index contributed by atoms with van der Waals surface area (Å²) in [5.74, 6) is -0.206. The molecule has 3 N–H and O–H groups in total. The maximum absolute atomic E-state index is 13.3.